The van der Waals surface area contributed by atoms with Gasteiger partial charge in [0.05, 0.1) is 5.92 Å². The van der Waals surface area contributed by atoms with Crippen LogP contribution in [-0.4, -0.2) is 41.3 Å². The lowest BCUT2D eigenvalue weighted by Crippen LogP contribution is -2.64. The molecule has 4 fully saturated rings. The maximum Gasteiger partial charge on any atom is 0.306 e. The lowest BCUT2D eigenvalue weighted by atomic mass is 9.44. The smallest absolute Gasteiger partial charge is 0.306 e. The molecule has 1 N–H and O–H groups in total. The number of piperidine rings is 1. The van der Waals surface area contributed by atoms with E-state index in [1.807, 2.05) is 25.8 Å². The van der Waals surface area contributed by atoms with E-state index in [9.17, 15) is 14.7 Å². The molecule has 0 radical (unpaired) electrons. The van der Waals surface area contributed by atoms with E-state index in [4.69, 9.17) is 4.79 Å². The number of carbonyl (C=O) groups is 3. The van der Waals surface area contributed by atoms with Gasteiger partial charge in [-0.05, 0) is 91.8 Å². The highest BCUT2D eigenvalue weighted by atomic mass is 16.4. The minimum absolute atomic E-state index is 0.0710. The van der Waals surface area contributed by atoms with Crippen molar-refractivity contribution in [3.63, 3.8) is 0 Å². The highest BCUT2D eigenvalue weighted by molar-refractivity contribution is 5.78. The van der Waals surface area contributed by atoms with Crippen molar-refractivity contribution in [2.75, 3.05) is 7.05 Å². The number of aliphatic carboxylic acids is 1. The zero-order valence-corrected chi connectivity index (χ0v) is 25.4. The Kier molecular flexibility index (Phi) is 11.3. The molecule has 3 saturated carbocycles. The number of rotatable bonds is 6. The van der Waals surface area contributed by atoms with Crippen LogP contribution in [0.5, 0.6) is 0 Å². The van der Waals surface area contributed by atoms with Crippen LogP contribution in [-0.2, 0) is 14.4 Å². The number of hydrogen-bond donors (Lipinski definition) is 1. The second-order valence-corrected chi connectivity index (χ2v) is 13.3. The molecule has 5 nitrogen and oxygen atoms in total. The van der Waals surface area contributed by atoms with Gasteiger partial charge in [-0.1, -0.05) is 67.7 Å². The number of hydrogen-bond acceptors (Lipinski definition) is 3. The monoisotopic (exact) mass is 519 g/mol. The number of nitrogens with zero attached hydrogens (tertiary/aromatic N) is 1. The normalized spacial score (nSPS) is 39.2. The van der Waals surface area contributed by atoms with Crippen molar-refractivity contribution in [1.29, 1.82) is 0 Å². The van der Waals surface area contributed by atoms with Crippen LogP contribution in [0.4, 0.5) is 0 Å². The summed E-state index contributed by atoms with van der Waals surface area (Å²) in [6.45, 7) is 17.5. The van der Waals surface area contributed by atoms with Crippen LogP contribution in [0.2, 0.25) is 0 Å². The number of carboxylic acid groups (broad SMARTS) is 1. The lowest BCUT2D eigenvalue weighted by molar-refractivity contribution is -0.181. The zero-order valence-electron chi connectivity index (χ0n) is 25.4. The molecule has 0 aromatic rings. The van der Waals surface area contributed by atoms with Crippen LogP contribution in [0.25, 0.3) is 0 Å². The average molecular weight is 520 g/mol. The predicted octanol–water partition coefficient (Wildman–Crippen LogP) is 7.47. The minimum Gasteiger partial charge on any atom is -0.481 e. The van der Waals surface area contributed by atoms with Gasteiger partial charge in [-0.25, -0.2) is 0 Å². The Morgan fingerprint density at radius 2 is 1.65 bits per heavy atom. The van der Waals surface area contributed by atoms with Crippen molar-refractivity contribution < 1.29 is 19.5 Å². The molecule has 4 aliphatic rings. The Balaban J connectivity index is 0.000000898. The summed E-state index contributed by atoms with van der Waals surface area (Å²) >= 11 is 0. The van der Waals surface area contributed by atoms with Crippen LogP contribution >= 0.6 is 0 Å². The van der Waals surface area contributed by atoms with Gasteiger partial charge in [0.2, 0.25) is 5.91 Å². The fraction of sp³-hybridized carbons (Fsp3) is 0.906. The van der Waals surface area contributed by atoms with Crippen LogP contribution in [0.3, 0.4) is 0 Å². The average Bonchev–Trinajstić information content (AvgIpc) is 3.20. The van der Waals surface area contributed by atoms with E-state index in [0.29, 0.717) is 24.7 Å². The van der Waals surface area contributed by atoms with Crippen molar-refractivity contribution in [2.24, 2.45) is 52.3 Å². The van der Waals surface area contributed by atoms with Crippen LogP contribution in [0.1, 0.15) is 120 Å². The third-order valence-corrected chi connectivity index (χ3v) is 11.1. The van der Waals surface area contributed by atoms with Crippen molar-refractivity contribution in [3.05, 3.63) is 0 Å². The summed E-state index contributed by atoms with van der Waals surface area (Å²) in [6, 6.07) is 0.0858. The summed E-state index contributed by atoms with van der Waals surface area (Å²) in [5, 5.41) is 10.3. The van der Waals surface area contributed by atoms with E-state index in [-0.39, 0.29) is 34.6 Å². The van der Waals surface area contributed by atoms with Gasteiger partial charge in [0.25, 0.3) is 0 Å². The van der Waals surface area contributed by atoms with Gasteiger partial charge in [-0.15, -0.1) is 0 Å². The van der Waals surface area contributed by atoms with Crippen LogP contribution < -0.4 is 0 Å². The van der Waals surface area contributed by atoms with Crippen molar-refractivity contribution in [2.45, 2.75) is 126 Å². The van der Waals surface area contributed by atoms with Gasteiger partial charge in [0.15, 0.2) is 0 Å². The van der Waals surface area contributed by atoms with Gasteiger partial charge in [0.1, 0.15) is 6.29 Å². The molecule has 0 aromatic carbocycles. The van der Waals surface area contributed by atoms with E-state index in [1.165, 1.54) is 45.4 Å². The molecule has 3 aliphatic carbocycles. The lowest BCUT2D eigenvalue weighted by Gasteiger charge is -2.63. The molecular weight excluding hydrogens is 462 g/mol. The molecule has 7 unspecified atom stereocenters. The molecule has 1 amide bonds. The molecule has 4 rings (SSSR count). The first-order valence-corrected chi connectivity index (χ1v) is 15.3. The van der Waals surface area contributed by atoms with E-state index >= 15 is 0 Å². The number of aldehydes is 1. The first-order valence-electron chi connectivity index (χ1n) is 15.3. The molecule has 1 saturated heterocycles. The second-order valence-electron chi connectivity index (χ2n) is 13.3. The maximum atomic E-state index is 12.6. The molecule has 1 aliphatic heterocycles. The summed E-state index contributed by atoms with van der Waals surface area (Å²) in [5.74, 6) is 2.76. The van der Waals surface area contributed by atoms with Gasteiger partial charge < -0.3 is 14.8 Å². The number of amides is 1. The summed E-state index contributed by atoms with van der Waals surface area (Å²) in [7, 11) is 1.92. The Hall–Kier alpha value is -1.39. The molecule has 1 heterocycles. The first-order chi connectivity index (χ1) is 17.4. The van der Waals surface area contributed by atoms with E-state index < -0.39 is 5.97 Å². The molecule has 5 heteroatoms. The summed E-state index contributed by atoms with van der Waals surface area (Å²) in [6.07, 6.45) is 11.8. The van der Waals surface area contributed by atoms with Gasteiger partial charge in [-0.2, -0.15) is 0 Å². The number of likely N-dealkylation sites (tertiary alicyclic amines) is 1. The van der Waals surface area contributed by atoms with Gasteiger partial charge >= 0.3 is 5.97 Å². The third kappa shape index (κ3) is 6.11. The number of carboxylic acids is 1. The van der Waals surface area contributed by atoms with Crippen molar-refractivity contribution >= 4 is 18.2 Å². The summed E-state index contributed by atoms with van der Waals surface area (Å²) < 4.78 is 0. The standard InChI is InChI=1S/C28H47NO3.C2H4O.C2H6/c1-17(2)8-7-9-18(3)20-10-11-21-25-19(26(31)32)16-23-28(5,15-13-24(30)29(23)6)22(25)12-14-27(20,21)4;1-2-3;1-2/h17-23,25H,7-16H2,1-6H3,(H,31,32);2H,1H3;1-2H3/t18?,19?,20?,21?,22?,23?,25?,27-,28-;;/m1../s1. The summed E-state index contributed by atoms with van der Waals surface area (Å²) in [5.41, 5.74) is 0.354. The van der Waals surface area contributed by atoms with Crippen molar-refractivity contribution in [1.82, 2.24) is 4.90 Å². The SMILES string of the molecule is CC.CC(C)CCCC(C)C1CCC2C3C(C(=O)O)CC4N(C)C(=O)CC[C@]4(C)C3CC[C@]12C.CC=O. The molecule has 0 aromatic heterocycles. The number of fused-ring (bicyclic) bond motifs is 5. The predicted molar refractivity (Wildman–Crippen MR) is 151 cm³/mol. The molecule has 9 atom stereocenters. The molecule has 37 heavy (non-hydrogen) atoms. The van der Waals surface area contributed by atoms with Crippen LogP contribution in [0.15, 0.2) is 0 Å². The Bertz CT molecular complexity index is 781. The summed E-state index contributed by atoms with van der Waals surface area (Å²) in [4.78, 5) is 35.8. The molecular formula is C32H57NO4. The highest BCUT2D eigenvalue weighted by Crippen LogP contribution is 2.68. The van der Waals surface area contributed by atoms with E-state index in [2.05, 4.69) is 34.6 Å². The Morgan fingerprint density at radius 3 is 2.22 bits per heavy atom. The number of carbonyl (C=O) groups excluding carboxylic acids is 2. The van der Waals surface area contributed by atoms with Gasteiger partial charge in [-0.3, -0.25) is 9.59 Å². The van der Waals surface area contributed by atoms with Crippen LogP contribution in [0, 0.1) is 52.3 Å². The Morgan fingerprint density at radius 1 is 1.05 bits per heavy atom. The third-order valence-electron chi connectivity index (χ3n) is 11.1. The fourth-order valence-electron chi connectivity index (χ4n) is 9.41. The Labute approximate surface area is 227 Å². The topological polar surface area (TPSA) is 74.7 Å². The van der Waals surface area contributed by atoms with Gasteiger partial charge in [0, 0.05) is 19.5 Å². The van der Waals surface area contributed by atoms with Crippen molar-refractivity contribution in [3.8, 4) is 0 Å². The highest BCUT2D eigenvalue weighted by Gasteiger charge is 2.64. The quantitative estimate of drug-likeness (QED) is 0.369. The largest absolute Gasteiger partial charge is 0.481 e. The van der Waals surface area contributed by atoms with E-state index in [1.54, 1.807) is 0 Å². The molecule has 0 bridgehead atoms. The molecule has 214 valence electrons. The fourth-order valence-corrected chi connectivity index (χ4v) is 9.41. The first kappa shape index (κ1) is 31.8. The zero-order chi connectivity index (χ0) is 28.1. The maximum absolute atomic E-state index is 12.6. The molecule has 0 spiro atoms. The van der Waals surface area contributed by atoms with E-state index in [0.717, 1.165) is 36.9 Å². The second kappa shape index (κ2) is 13.1. The minimum atomic E-state index is -0.619.